The van der Waals surface area contributed by atoms with Crippen LogP contribution in [0.1, 0.15) is 34.7 Å². The first-order valence-corrected chi connectivity index (χ1v) is 14.0. The monoisotopic (exact) mass is 570 g/mol. The van der Waals surface area contributed by atoms with Crippen LogP contribution in [0, 0.1) is 0 Å². The second-order valence-corrected chi connectivity index (χ2v) is 10.1. The lowest BCUT2D eigenvalue weighted by molar-refractivity contribution is -0.141. The van der Waals surface area contributed by atoms with E-state index in [1.54, 1.807) is 31.3 Å². The van der Waals surface area contributed by atoms with E-state index in [0.29, 0.717) is 35.9 Å². The summed E-state index contributed by atoms with van der Waals surface area (Å²) in [5.41, 5.74) is 3.71. The molecule has 0 aliphatic carbocycles. The number of nitrogens with one attached hydrogen (secondary N) is 1. The van der Waals surface area contributed by atoms with Crippen LogP contribution in [-0.4, -0.2) is 37.5 Å². The van der Waals surface area contributed by atoms with E-state index in [-0.39, 0.29) is 24.8 Å². The van der Waals surface area contributed by atoms with Crippen molar-refractivity contribution in [2.45, 2.75) is 31.8 Å². The van der Waals surface area contributed by atoms with Crippen molar-refractivity contribution < 1.29 is 19.1 Å². The predicted molar refractivity (Wildman–Crippen MR) is 162 cm³/mol. The standard InChI is InChI=1S/C34H35ClN2O4/c1-40-30-19-15-26(23-31(30)41-2)21-22-36-34(39)33(28-11-7-4-8-12-28)37(24-27-13-17-29(35)18-14-27)32(38)20-16-25-9-5-3-6-10-25/h3-15,17-19,23,33H,16,20-22,24H2,1-2H3,(H,36,39). The molecule has 1 atom stereocenters. The Labute approximate surface area is 246 Å². The van der Waals surface area contributed by atoms with E-state index in [2.05, 4.69) is 5.32 Å². The highest BCUT2D eigenvalue weighted by molar-refractivity contribution is 6.30. The number of carbonyl (C=O) groups is 2. The van der Waals surface area contributed by atoms with Crippen LogP contribution in [-0.2, 0) is 29.0 Å². The molecule has 7 heteroatoms. The lowest BCUT2D eigenvalue weighted by Gasteiger charge is -2.32. The maximum absolute atomic E-state index is 13.9. The van der Waals surface area contributed by atoms with E-state index >= 15 is 0 Å². The third-order valence-corrected chi connectivity index (χ3v) is 7.15. The van der Waals surface area contributed by atoms with E-state index < -0.39 is 6.04 Å². The van der Waals surface area contributed by atoms with Gasteiger partial charge in [0, 0.05) is 24.5 Å². The van der Waals surface area contributed by atoms with Gasteiger partial charge in [-0.05, 0) is 59.4 Å². The number of methoxy groups -OCH3 is 2. The average Bonchev–Trinajstić information content (AvgIpc) is 3.01. The van der Waals surface area contributed by atoms with Crippen molar-refractivity contribution in [3.8, 4) is 11.5 Å². The molecule has 4 rings (SSSR count). The van der Waals surface area contributed by atoms with E-state index in [1.165, 1.54) is 0 Å². The molecule has 0 aliphatic heterocycles. The fourth-order valence-electron chi connectivity index (χ4n) is 4.72. The Morgan fingerprint density at radius 3 is 2.05 bits per heavy atom. The third kappa shape index (κ3) is 8.35. The topological polar surface area (TPSA) is 67.9 Å². The number of amides is 2. The van der Waals surface area contributed by atoms with Crippen LogP contribution in [0.3, 0.4) is 0 Å². The highest BCUT2D eigenvalue weighted by Gasteiger charge is 2.31. The van der Waals surface area contributed by atoms with E-state index in [0.717, 1.165) is 22.3 Å². The molecule has 41 heavy (non-hydrogen) atoms. The molecule has 212 valence electrons. The molecule has 1 N–H and O–H groups in total. The molecular weight excluding hydrogens is 536 g/mol. The van der Waals surface area contributed by atoms with Crippen molar-refractivity contribution in [1.29, 1.82) is 0 Å². The number of aryl methyl sites for hydroxylation is 1. The zero-order valence-electron chi connectivity index (χ0n) is 23.4. The Balaban J connectivity index is 1.56. The summed E-state index contributed by atoms with van der Waals surface area (Å²) in [5.74, 6) is 0.944. The zero-order chi connectivity index (χ0) is 29.0. The minimum Gasteiger partial charge on any atom is -0.493 e. The summed E-state index contributed by atoms with van der Waals surface area (Å²) in [6, 6.07) is 31.6. The van der Waals surface area contributed by atoms with Gasteiger partial charge >= 0.3 is 0 Å². The van der Waals surface area contributed by atoms with Crippen LogP contribution < -0.4 is 14.8 Å². The third-order valence-electron chi connectivity index (χ3n) is 6.89. The van der Waals surface area contributed by atoms with Crippen molar-refractivity contribution in [2.75, 3.05) is 20.8 Å². The summed E-state index contributed by atoms with van der Waals surface area (Å²) in [7, 11) is 3.19. The minimum absolute atomic E-state index is 0.104. The molecule has 0 saturated heterocycles. The van der Waals surface area contributed by atoms with Gasteiger partial charge in [0.25, 0.3) is 0 Å². The largest absolute Gasteiger partial charge is 0.493 e. The first kappa shape index (κ1) is 29.7. The molecule has 2 amide bonds. The highest BCUT2D eigenvalue weighted by Crippen LogP contribution is 2.28. The van der Waals surface area contributed by atoms with Gasteiger partial charge in [-0.15, -0.1) is 0 Å². The Kier molecular flexibility index (Phi) is 10.8. The van der Waals surface area contributed by atoms with Crippen LogP contribution in [0.15, 0.2) is 103 Å². The normalized spacial score (nSPS) is 11.4. The van der Waals surface area contributed by atoms with Crippen molar-refractivity contribution in [1.82, 2.24) is 10.2 Å². The van der Waals surface area contributed by atoms with E-state index in [4.69, 9.17) is 21.1 Å². The summed E-state index contributed by atoms with van der Waals surface area (Å²) in [6.45, 7) is 0.665. The number of hydrogen-bond donors (Lipinski definition) is 1. The number of rotatable bonds is 13. The maximum atomic E-state index is 13.9. The molecule has 0 heterocycles. The van der Waals surface area contributed by atoms with Crippen molar-refractivity contribution >= 4 is 23.4 Å². The quantitative estimate of drug-likeness (QED) is 0.201. The first-order chi connectivity index (χ1) is 20.0. The molecule has 0 aromatic heterocycles. The molecular formula is C34H35ClN2O4. The molecule has 0 aliphatic rings. The van der Waals surface area contributed by atoms with Crippen LogP contribution in [0.2, 0.25) is 5.02 Å². The van der Waals surface area contributed by atoms with Gasteiger partial charge in [0.2, 0.25) is 11.8 Å². The van der Waals surface area contributed by atoms with Gasteiger partial charge in [-0.1, -0.05) is 90.5 Å². The Morgan fingerprint density at radius 2 is 1.39 bits per heavy atom. The molecule has 0 fully saturated rings. The second-order valence-electron chi connectivity index (χ2n) is 9.68. The van der Waals surface area contributed by atoms with Crippen LogP contribution in [0.4, 0.5) is 0 Å². The Bertz CT molecular complexity index is 1410. The summed E-state index contributed by atoms with van der Waals surface area (Å²) in [5, 5.41) is 3.69. The minimum atomic E-state index is -0.805. The molecule has 0 radical (unpaired) electrons. The van der Waals surface area contributed by atoms with Crippen molar-refractivity contribution in [3.63, 3.8) is 0 Å². The number of ether oxygens (including phenoxy) is 2. The Hall–Kier alpha value is -4.29. The van der Waals surface area contributed by atoms with Crippen LogP contribution in [0.25, 0.3) is 0 Å². The van der Waals surface area contributed by atoms with E-state index in [1.807, 2.05) is 91.0 Å². The second kappa shape index (κ2) is 14.9. The number of nitrogens with zero attached hydrogens (tertiary/aromatic N) is 1. The fourth-order valence-corrected chi connectivity index (χ4v) is 4.85. The fraction of sp³-hybridized carbons (Fsp3) is 0.235. The number of carbonyl (C=O) groups excluding carboxylic acids is 2. The average molecular weight is 571 g/mol. The van der Waals surface area contributed by atoms with Gasteiger partial charge in [0.05, 0.1) is 14.2 Å². The van der Waals surface area contributed by atoms with Gasteiger partial charge in [-0.25, -0.2) is 0 Å². The molecule has 0 spiro atoms. The smallest absolute Gasteiger partial charge is 0.247 e. The number of hydrogen-bond acceptors (Lipinski definition) is 4. The summed E-state index contributed by atoms with van der Waals surface area (Å²) in [6.07, 6.45) is 1.45. The van der Waals surface area contributed by atoms with Gasteiger partial charge < -0.3 is 19.7 Å². The molecule has 4 aromatic carbocycles. The summed E-state index contributed by atoms with van der Waals surface area (Å²) < 4.78 is 10.7. The first-order valence-electron chi connectivity index (χ1n) is 13.6. The zero-order valence-corrected chi connectivity index (χ0v) is 24.1. The van der Waals surface area contributed by atoms with Crippen LogP contribution in [0.5, 0.6) is 11.5 Å². The highest BCUT2D eigenvalue weighted by atomic mass is 35.5. The van der Waals surface area contributed by atoms with Crippen molar-refractivity contribution in [2.24, 2.45) is 0 Å². The summed E-state index contributed by atoms with van der Waals surface area (Å²) in [4.78, 5) is 29.4. The number of benzene rings is 4. The van der Waals surface area contributed by atoms with Crippen LogP contribution >= 0.6 is 11.6 Å². The predicted octanol–water partition coefficient (Wildman–Crippen LogP) is 6.42. The molecule has 6 nitrogen and oxygen atoms in total. The molecule has 1 unspecified atom stereocenters. The Morgan fingerprint density at radius 1 is 0.756 bits per heavy atom. The van der Waals surface area contributed by atoms with Gasteiger partial charge in [-0.2, -0.15) is 0 Å². The molecule has 0 saturated carbocycles. The maximum Gasteiger partial charge on any atom is 0.247 e. The van der Waals surface area contributed by atoms with Gasteiger partial charge in [0.1, 0.15) is 6.04 Å². The molecule has 0 bridgehead atoms. The SMILES string of the molecule is COc1ccc(CCNC(=O)C(c2ccccc2)N(Cc2ccc(Cl)cc2)C(=O)CCc2ccccc2)cc1OC. The lowest BCUT2D eigenvalue weighted by Crippen LogP contribution is -2.44. The van der Waals surface area contributed by atoms with E-state index in [9.17, 15) is 9.59 Å². The van der Waals surface area contributed by atoms with Gasteiger partial charge in [-0.3, -0.25) is 9.59 Å². The lowest BCUT2D eigenvalue weighted by atomic mass is 10.0. The summed E-state index contributed by atoms with van der Waals surface area (Å²) >= 11 is 6.12. The van der Waals surface area contributed by atoms with Crippen molar-refractivity contribution in [3.05, 3.63) is 130 Å². The molecule has 4 aromatic rings. The van der Waals surface area contributed by atoms with Gasteiger partial charge in [0.15, 0.2) is 11.5 Å². The number of halogens is 1.